The number of ether oxygens (including phenoxy) is 1. The minimum absolute atomic E-state index is 0.269. The number of carbonyl (C=O) groups excluding carboxylic acids is 2. The molecule has 0 aromatic carbocycles. The Balaban J connectivity index is 1.28. The number of rotatable bonds is 7. The molecular formula is C22H24FN5O3S. The van der Waals surface area contributed by atoms with Gasteiger partial charge < -0.3 is 10.1 Å². The smallest absolute Gasteiger partial charge is 0.290 e. The monoisotopic (exact) mass is 457 g/mol. The molecule has 0 unspecified atom stereocenters. The molecule has 2 aromatic rings. The van der Waals surface area contributed by atoms with Gasteiger partial charge in [0, 0.05) is 17.8 Å². The number of carbonyl (C=O) groups is 2. The van der Waals surface area contributed by atoms with Gasteiger partial charge in [0.2, 0.25) is 11.8 Å². The highest BCUT2D eigenvalue weighted by Crippen LogP contribution is 2.31. The molecule has 8 nitrogen and oxygen atoms in total. The summed E-state index contributed by atoms with van der Waals surface area (Å²) in [6.45, 7) is 0. The van der Waals surface area contributed by atoms with Gasteiger partial charge in [-0.05, 0) is 74.4 Å². The molecule has 0 radical (unpaired) electrons. The lowest BCUT2D eigenvalue weighted by Crippen LogP contribution is -2.27. The van der Waals surface area contributed by atoms with Gasteiger partial charge in [0.25, 0.3) is 11.1 Å². The summed E-state index contributed by atoms with van der Waals surface area (Å²) in [5.74, 6) is 0.816. The number of methoxy groups -OCH3 is 1. The van der Waals surface area contributed by atoms with Crippen LogP contribution in [-0.2, 0) is 11.2 Å². The quantitative estimate of drug-likeness (QED) is 0.602. The van der Waals surface area contributed by atoms with Gasteiger partial charge in [-0.25, -0.2) is 19.3 Å². The number of nitrogens with one attached hydrogen (secondary N) is 2. The molecule has 1 saturated heterocycles. The third-order valence-corrected chi connectivity index (χ3v) is 6.50. The highest BCUT2D eigenvalue weighted by Gasteiger charge is 2.25. The second-order valence-corrected chi connectivity index (χ2v) is 8.89. The number of anilines is 1. The van der Waals surface area contributed by atoms with Crippen LogP contribution in [0.5, 0.6) is 5.88 Å². The fourth-order valence-electron chi connectivity index (χ4n) is 4.05. The van der Waals surface area contributed by atoms with Gasteiger partial charge in [-0.3, -0.25) is 14.9 Å². The fourth-order valence-corrected chi connectivity index (χ4v) is 4.71. The van der Waals surface area contributed by atoms with Crippen molar-refractivity contribution >= 4 is 34.9 Å². The Labute approximate surface area is 189 Å². The number of pyridine rings is 1. The highest BCUT2D eigenvalue weighted by atomic mass is 32.2. The van der Waals surface area contributed by atoms with Gasteiger partial charge in [-0.2, -0.15) is 0 Å². The molecule has 4 rings (SSSR count). The van der Waals surface area contributed by atoms with Crippen molar-refractivity contribution in [3.63, 3.8) is 0 Å². The number of hydrogen-bond donors (Lipinski definition) is 2. The van der Waals surface area contributed by atoms with Crippen molar-refractivity contribution in [1.82, 2.24) is 20.3 Å². The molecule has 1 aliphatic carbocycles. The summed E-state index contributed by atoms with van der Waals surface area (Å²) in [6, 6.07) is 3.47. The molecule has 2 N–H and O–H groups in total. The predicted octanol–water partition coefficient (Wildman–Crippen LogP) is 3.95. The summed E-state index contributed by atoms with van der Waals surface area (Å²) in [6.07, 6.45) is 10.2. The van der Waals surface area contributed by atoms with Crippen molar-refractivity contribution in [1.29, 1.82) is 0 Å². The predicted molar refractivity (Wildman–Crippen MR) is 120 cm³/mol. The standard InChI is InChI=1S/C22H24FN5O3S/c1-31-20-14(10-15(23)12-25-20)5-2-13-3-6-16(7-4-13)26-21-24-9-8-17(27-21)11-18-19(29)28-22(30)32-18/h8-13,16H,2-7H2,1H3,(H,24,26,27)(H,28,29,30)/b18-11-. The van der Waals surface area contributed by atoms with Gasteiger partial charge in [0.05, 0.1) is 23.9 Å². The van der Waals surface area contributed by atoms with Crippen molar-refractivity contribution < 1.29 is 18.7 Å². The maximum Gasteiger partial charge on any atom is 0.290 e. The number of imide groups is 1. The molecule has 0 bridgehead atoms. The molecule has 2 amide bonds. The molecule has 2 aliphatic rings. The normalized spacial score (nSPS) is 22.1. The van der Waals surface area contributed by atoms with Crippen molar-refractivity contribution in [2.45, 2.75) is 44.6 Å². The molecule has 0 atom stereocenters. The van der Waals surface area contributed by atoms with Crippen molar-refractivity contribution in [2.24, 2.45) is 5.92 Å². The van der Waals surface area contributed by atoms with Crippen LogP contribution in [-0.4, -0.2) is 39.2 Å². The van der Waals surface area contributed by atoms with Crippen molar-refractivity contribution in [2.75, 3.05) is 12.4 Å². The second-order valence-electron chi connectivity index (χ2n) is 7.88. The van der Waals surface area contributed by atoms with Crippen LogP contribution in [0, 0.1) is 11.7 Å². The van der Waals surface area contributed by atoms with E-state index >= 15 is 0 Å². The Morgan fingerprint density at radius 1 is 1.28 bits per heavy atom. The van der Waals surface area contributed by atoms with E-state index < -0.39 is 5.91 Å². The van der Waals surface area contributed by atoms with E-state index in [4.69, 9.17) is 4.74 Å². The van der Waals surface area contributed by atoms with E-state index in [9.17, 15) is 14.0 Å². The van der Waals surface area contributed by atoms with Crippen LogP contribution < -0.4 is 15.4 Å². The average Bonchev–Trinajstić information content (AvgIpc) is 3.10. The summed E-state index contributed by atoms with van der Waals surface area (Å²) in [5.41, 5.74) is 1.38. The van der Waals surface area contributed by atoms with E-state index in [1.807, 2.05) is 0 Å². The largest absolute Gasteiger partial charge is 0.481 e. The van der Waals surface area contributed by atoms with E-state index in [-0.39, 0.29) is 17.1 Å². The first-order chi connectivity index (χ1) is 15.5. The molecule has 168 valence electrons. The topological polar surface area (TPSA) is 106 Å². The van der Waals surface area contributed by atoms with E-state index in [2.05, 4.69) is 25.6 Å². The lowest BCUT2D eigenvalue weighted by Gasteiger charge is -2.29. The maximum absolute atomic E-state index is 13.5. The highest BCUT2D eigenvalue weighted by molar-refractivity contribution is 8.18. The molecule has 10 heteroatoms. The zero-order valence-corrected chi connectivity index (χ0v) is 18.5. The number of thioether (sulfide) groups is 1. The minimum Gasteiger partial charge on any atom is -0.481 e. The Kier molecular flexibility index (Phi) is 6.99. The third kappa shape index (κ3) is 5.61. The number of aryl methyl sites for hydroxylation is 1. The van der Waals surface area contributed by atoms with Gasteiger partial charge in [0.1, 0.15) is 5.82 Å². The van der Waals surface area contributed by atoms with Crippen LogP contribution in [0.2, 0.25) is 0 Å². The van der Waals surface area contributed by atoms with E-state index in [1.165, 1.54) is 12.3 Å². The maximum atomic E-state index is 13.5. The van der Waals surface area contributed by atoms with Crippen molar-refractivity contribution in [3.05, 3.63) is 46.5 Å². The number of hydrogen-bond acceptors (Lipinski definition) is 8. The van der Waals surface area contributed by atoms with E-state index in [1.54, 1.807) is 25.4 Å². The first-order valence-electron chi connectivity index (χ1n) is 10.5. The summed E-state index contributed by atoms with van der Waals surface area (Å²) < 4.78 is 18.7. The summed E-state index contributed by atoms with van der Waals surface area (Å²) >= 11 is 0.864. The number of nitrogens with zero attached hydrogens (tertiary/aromatic N) is 3. The molecule has 32 heavy (non-hydrogen) atoms. The molecule has 0 spiro atoms. The van der Waals surface area contributed by atoms with Gasteiger partial charge in [-0.1, -0.05) is 0 Å². The molecular weight excluding hydrogens is 433 g/mol. The molecule has 1 saturated carbocycles. The Morgan fingerprint density at radius 2 is 2.09 bits per heavy atom. The average molecular weight is 458 g/mol. The molecule has 3 heterocycles. The van der Waals surface area contributed by atoms with Gasteiger partial charge >= 0.3 is 0 Å². The lowest BCUT2D eigenvalue weighted by atomic mass is 9.83. The first-order valence-corrected chi connectivity index (χ1v) is 11.3. The van der Waals surface area contributed by atoms with Crippen LogP contribution in [0.1, 0.15) is 43.4 Å². The second kappa shape index (κ2) is 10.1. The van der Waals surface area contributed by atoms with Gasteiger partial charge in [0.15, 0.2) is 0 Å². The zero-order chi connectivity index (χ0) is 22.5. The summed E-state index contributed by atoms with van der Waals surface area (Å²) in [5, 5.41) is 5.23. The van der Waals surface area contributed by atoms with Crippen LogP contribution in [0.25, 0.3) is 6.08 Å². The fraction of sp³-hybridized carbons (Fsp3) is 0.409. The van der Waals surface area contributed by atoms with Crippen LogP contribution in [0.3, 0.4) is 0 Å². The number of aromatic nitrogens is 3. The van der Waals surface area contributed by atoms with E-state index in [0.717, 1.165) is 55.9 Å². The third-order valence-electron chi connectivity index (χ3n) is 5.69. The zero-order valence-electron chi connectivity index (χ0n) is 17.6. The number of halogens is 1. The Hall–Kier alpha value is -3.01. The molecule has 2 aromatic heterocycles. The van der Waals surface area contributed by atoms with Crippen LogP contribution >= 0.6 is 11.8 Å². The first kappa shape index (κ1) is 22.2. The number of amides is 2. The Bertz CT molecular complexity index is 1040. The van der Waals surface area contributed by atoms with Crippen LogP contribution in [0.4, 0.5) is 15.1 Å². The summed E-state index contributed by atoms with van der Waals surface area (Å²) in [7, 11) is 1.55. The molecule has 2 fully saturated rings. The SMILES string of the molecule is COc1ncc(F)cc1CCC1CCC(Nc2nccc(/C=C3\SC(=O)NC3=O)n2)CC1. The lowest BCUT2D eigenvalue weighted by molar-refractivity contribution is -0.115. The molecule has 1 aliphatic heterocycles. The summed E-state index contributed by atoms with van der Waals surface area (Å²) in [4.78, 5) is 36.1. The van der Waals surface area contributed by atoms with E-state index in [0.29, 0.717) is 28.3 Å². The van der Waals surface area contributed by atoms with Crippen molar-refractivity contribution in [3.8, 4) is 5.88 Å². The van der Waals surface area contributed by atoms with Crippen LogP contribution in [0.15, 0.2) is 29.4 Å². The minimum atomic E-state index is -0.405. The van der Waals surface area contributed by atoms with Gasteiger partial charge in [-0.15, -0.1) is 0 Å². The Morgan fingerprint density at radius 3 is 2.81 bits per heavy atom.